The summed E-state index contributed by atoms with van der Waals surface area (Å²) >= 11 is 5.76. The molecule has 2 aliphatic rings. The SMILES string of the molecule is COc1cc2c(Nc3ccc(Oc4ccccc4OC)cc3)c(C#N)cnc2cc1OCCCCl.COc1cc2c(Nc3ccc(Oc4ccccc4OC)cc3)c(C#N)cnc2cc1OCCCN1CC[C@@H](O)C1.O[C@@H]1CCNC1. The number of nitrogens with one attached hydrogen (secondary N) is 3. The molecule has 6 aromatic carbocycles. The van der Waals surface area contributed by atoms with E-state index >= 15 is 0 Å². The van der Waals surface area contributed by atoms with Crippen molar-refractivity contribution in [2.45, 2.75) is 37.9 Å². The fraction of sp³-hybridized carbons (Fsp3) is 0.290. The van der Waals surface area contributed by atoms with Gasteiger partial charge in [0.25, 0.3) is 0 Å². The first kappa shape index (κ1) is 58.4. The van der Waals surface area contributed by atoms with Crippen molar-refractivity contribution in [3.05, 3.63) is 145 Å². The van der Waals surface area contributed by atoms with Crippen LogP contribution >= 0.6 is 11.6 Å². The van der Waals surface area contributed by atoms with Crippen LogP contribution in [0.15, 0.2) is 134 Å². The average molecular weight is 1120 g/mol. The summed E-state index contributed by atoms with van der Waals surface area (Å²) < 4.78 is 45.7. The molecule has 2 fully saturated rings. The molecule has 19 heteroatoms. The molecule has 420 valence electrons. The van der Waals surface area contributed by atoms with Gasteiger partial charge in [0.05, 0.1) is 87.4 Å². The number of para-hydroxylation sites is 4. The number of rotatable bonds is 21. The number of hydrogen-bond donors (Lipinski definition) is 5. The highest BCUT2D eigenvalue weighted by Gasteiger charge is 2.21. The molecule has 5 N–H and O–H groups in total. The van der Waals surface area contributed by atoms with Gasteiger partial charge in [0.2, 0.25) is 0 Å². The molecule has 0 saturated carbocycles. The summed E-state index contributed by atoms with van der Waals surface area (Å²) in [5, 5.41) is 49.1. The molecule has 2 aliphatic heterocycles. The number of anilines is 4. The zero-order valence-electron chi connectivity index (χ0n) is 45.6. The summed E-state index contributed by atoms with van der Waals surface area (Å²) in [6, 6.07) is 41.5. The van der Waals surface area contributed by atoms with Crippen molar-refractivity contribution < 1.29 is 48.1 Å². The van der Waals surface area contributed by atoms with Gasteiger partial charge in [-0.3, -0.25) is 9.97 Å². The van der Waals surface area contributed by atoms with Gasteiger partial charge < -0.3 is 69.0 Å². The van der Waals surface area contributed by atoms with E-state index in [1.165, 1.54) is 0 Å². The van der Waals surface area contributed by atoms with Crippen molar-refractivity contribution in [2.24, 2.45) is 0 Å². The topological polar surface area (TPSA) is 227 Å². The largest absolute Gasteiger partial charge is 0.493 e. The molecule has 0 radical (unpaired) electrons. The maximum Gasteiger partial charge on any atom is 0.169 e. The van der Waals surface area contributed by atoms with E-state index in [9.17, 15) is 15.6 Å². The van der Waals surface area contributed by atoms with Crippen molar-refractivity contribution in [1.29, 1.82) is 10.5 Å². The summed E-state index contributed by atoms with van der Waals surface area (Å²) in [6.45, 7) is 5.26. The normalized spacial score (nSPS) is 14.5. The fourth-order valence-corrected chi connectivity index (χ4v) is 9.02. The Morgan fingerprint density at radius 1 is 0.593 bits per heavy atom. The number of pyridine rings is 2. The molecule has 0 amide bonds. The Morgan fingerprint density at radius 2 is 1.06 bits per heavy atom. The lowest BCUT2D eigenvalue weighted by atomic mass is 10.1. The minimum atomic E-state index is -0.224. The predicted molar refractivity (Wildman–Crippen MR) is 313 cm³/mol. The number of hydrogen-bond acceptors (Lipinski definition) is 18. The highest BCUT2D eigenvalue weighted by atomic mass is 35.5. The second kappa shape index (κ2) is 29.5. The number of fused-ring (bicyclic) bond motifs is 2. The number of ether oxygens (including phenoxy) is 8. The molecule has 2 aromatic heterocycles. The number of β-amino-alcohol motifs (C(OH)–C–C–N with tert-alkyl or cyclic N) is 2. The first-order valence-corrected chi connectivity index (χ1v) is 27.0. The van der Waals surface area contributed by atoms with Gasteiger partial charge in [-0.05, 0) is 117 Å². The summed E-state index contributed by atoms with van der Waals surface area (Å²) in [6.07, 6.45) is 6.11. The molecule has 18 nitrogen and oxygen atoms in total. The molecule has 0 spiro atoms. The molecular weight excluding hydrogens is 1050 g/mol. The van der Waals surface area contributed by atoms with Crippen LogP contribution in [0.5, 0.6) is 57.5 Å². The van der Waals surface area contributed by atoms with E-state index < -0.39 is 0 Å². The molecule has 2 atom stereocenters. The Morgan fingerprint density at radius 3 is 1.44 bits per heavy atom. The number of likely N-dealkylation sites (tertiary alicyclic amines) is 1. The average Bonchev–Trinajstić information content (AvgIpc) is 4.33. The first-order chi connectivity index (χ1) is 39.6. The van der Waals surface area contributed by atoms with Gasteiger partial charge in [0.1, 0.15) is 23.6 Å². The summed E-state index contributed by atoms with van der Waals surface area (Å²) in [7, 11) is 6.37. The van der Waals surface area contributed by atoms with Gasteiger partial charge in [-0.25, -0.2) is 0 Å². The maximum absolute atomic E-state index is 9.81. The van der Waals surface area contributed by atoms with Crippen LogP contribution in [-0.2, 0) is 0 Å². The van der Waals surface area contributed by atoms with Crippen molar-refractivity contribution in [3.63, 3.8) is 0 Å². The lowest BCUT2D eigenvalue weighted by Crippen LogP contribution is -2.24. The molecular formula is C62H65ClN8O10. The Kier molecular flexibility index (Phi) is 21.2. The fourth-order valence-electron chi connectivity index (χ4n) is 8.91. The third-order valence-electron chi connectivity index (χ3n) is 13.1. The molecule has 0 bridgehead atoms. The van der Waals surface area contributed by atoms with Gasteiger partial charge in [-0.15, -0.1) is 11.6 Å². The second-order valence-corrected chi connectivity index (χ2v) is 19.0. The van der Waals surface area contributed by atoms with Crippen LogP contribution in [0.4, 0.5) is 22.7 Å². The summed E-state index contributed by atoms with van der Waals surface area (Å²) in [4.78, 5) is 11.2. The molecule has 0 unspecified atom stereocenters. The van der Waals surface area contributed by atoms with E-state index in [2.05, 4.69) is 43.0 Å². The molecule has 10 rings (SSSR count). The van der Waals surface area contributed by atoms with Crippen molar-refractivity contribution in [2.75, 3.05) is 90.9 Å². The van der Waals surface area contributed by atoms with Crippen LogP contribution in [0, 0.1) is 22.7 Å². The number of nitriles is 2. The Hall–Kier alpha value is -8.75. The van der Waals surface area contributed by atoms with E-state index in [0.29, 0.717) is 117 Å². The lowest BCUT2D eigenvalue weighted by molar-refractivity contribution is 0.172. The zero-order chi connectivity index (χ0) is 56.9. The van der Waals surface area contributed by atoms with Crippen molar-refractivity contribution in [1.82, 2.24) is 20.2 Å². The summed E-state index contributed by atoms with van der Waals surface area (Å²) in [5.74, 6) is 6.64. The molecule has 8 aromatic rings. The van der Waals surface area contributed by atoms with E-state index in [0.717, 1.165) is 74.1 Å². The number of nitrogens with zero attached hydrogens (tertiary/aromatic N) is 5. The quantitative estimate of drug-likeness (QED) is 0.0333. The van der Waals surface area contributed by atoms with Crippen LogP contribution in [-0.4, -0.2) is 118 Å². The van der Waals surface area contributed by atoms with Crippen molar-refractivity contribution >= 4 is 56.2 Å². The number of aliphatic hydroxyl groups excluding tert-OH is 2. The van der Waals surface area contributed by atoms with Gasteiger partial charge in [-0.1, -0.05) is 24.3 Å². The van der Waals surface area contributed by atoms with Gasteiger partial charge >= 0.3 is 0 Å². The second-order valence-electron chi connectivity index (χ2n) is 18.6. The van der Waals surface area contributed by atoms with E-state index in [-0.39, 0.29) is 12.2 Å². The Balaban J connectivity index is 0.000000194. The Labute approximate surface area is 476 Å². The molecule has 4 heterocycles. The molecule has 81 heavy (non-hydrogen) atoms. The van der Waals surface area contributed by atoms with Crippen LogP contribution < -0.4 is 53.8 Å². The van der Waals surface area contributed by atoms with E-state index in [4.69, 9.17) is 54.6 Å². The third-order valence-corrected chi connectivity index (χ3v) is 13.3. The van der Waals surface area contributed by atoms with Crippen molar-refractivity contribution in [3.8, 4) is 69.6 Å². The van der Waals surface area contributed by atoms with Gasteiger partial charge in [0.15, 0.2) is 46.0 Å². The third kappa shape index (κ3) is 15.8. The number of alkyl halides is 1. The van der Waals surface area contributed by atoms with Gasteiger partial charge in [-0.2, -0.15) is 10.5 Å². The number of halogens is 1. The smallest absolute Gasteiger partial charge is 0.169 e. The molecule has 2 saturated heterocycles. The number of benzene rings is 6. The van der Waals surface area contributed by atoms with Crippen LogP contribution in [0.1, 0.15) is 36.8 Å². The maximum atomic E-state index is 9.81. The van der Waals surface area contributed by atoms with Gasteiger partial charge in [0, 0.05) is 78.7 Å². The monoisotopic (exact) mass is 1120 g/mol. The highest BCUT2D eigenvalue weighted by molar-refractivity contribution is 6.17. The zero-order valence-corrected chi connectivity index (χ0v) is 46.4. The lowest BCUT2D eigenvalue weighted by Gasteiger charge is -2.17. The minimum absolute atomic E-state index is 0.0648. The van der Waals surface area contributed by atoms with Crippen LogP contribution in [0.25, 0.3) is 21.8 Å². The number of methoxy groups -OCH3 is 4. The van der Waals surface area contributed by atoms with Crippen LogP contribution in [0.3, 0.4) is 0 Å². The van der Waals surface area contributed by atoms with Crippen LogP contribution in [0.2, 0.25) is 0 Å². The minimum Gasteiger partial charge on any atom is -0.493 e. The molecule has 0 aliphatic carbocycles. The number of aliphatic hydroxyl groups is 2. The van der Waals surface area contributed by atoms with E-state index in [1.807, 2.05) is 115 Å². The first-order valence-electron chi connectivity index (χ1n) is 26.4. The highest BCUT2D eigenvalue weighted by Crippen LogP contribution is 2.40. The standard InChI is InChI=1S/C31H32N4O5.C27H24ClN3O4.C4H9NO/c1-37-27-6-3-4-7-28(27)40-24-10-8-22(9-11-24)34-31-21(18-32)19-33-26-17-30(29(38-2)16-25(26)31)39-15-5-13-35-14-12-23(36)20-35;1-32-23-6-3-4-7-24(23)35-20-10-8-19(9-11-20)31-27-18(16-29)17-30-22-15-26(34-13-5-12-28)25(33-2)14-21(22)27;6-4-1-2-5-3-4/h3-4,6-11,16-17,19,23,36H,5,12-15,20H2,1-2H3,(H,33,34);3-4,6-11,14-15,17H,5,12-13H2,1-2H3,(H,30,31);4-6H,1-3H2/t23-;;4-/m1.1/s1. The summed E-state index contributed by atoms with van der Waals surface area (Å²) in [5.41, 5.74) is 4.98. The predicted octanol–water partition coefficient (Wildman–Crippen LogP) is 11.5. The van der Waals surface area contributed by atoms with E-state index in [1.54, 1.807) is 46.9 Å². The number of aromatic nitrogens is 2. The Bertz CT molecular complexity index is 3430.